The number of nitro groups is 1. The van der Waals surface area contributed by atoms with Crippen LogP contribution in [-0.4, -0.2) is 40.1 Å². The first kappa shape index (κ1) is 24.6. The Balaban J connectivity index is 1.72. The summed E-state index contributed by atoms with van der Waals surface area (Å²) in [5.74, 6) is -1.10. The van der Waals surface area contributed by atoms with Crippen LogP contribution in [0.1, 0.15) is 18.1 Å². The fourth-order valence-corrected chi connectivity index (χ4v) is 4.24. The highest BCUT2D eigenvalue weighted by Gasteiger charge is 2.36. The molecule has 172 valence electrons. The number of rotatable bonds is 8. The number of imide groups is 1. The van der Waals surface area contributed by atoms with Gasteiger partial charge in [0.1, 0.15) is 13.2 Å². The summed E-state index contributed by atoms with van der Waals surface area (Å²) >= 11 is 13.3. The topological polar surface area (TPSA) is 116 Å². The molecular weight excluding hydrogens is 495 g/mol. The second-order valence-electron chi connectivity index (χ2n) is 6.60. The van der Waals surface area contributed by atoms with Crippen LogP contribution in [0.5, 0.6) is 5.75 Å². The zero-order chi connectivity index (χ0) is 24.1. The first-order valence-electron chi connectivity index (χ1n) is 9.45. The number of thioether (sulfide) groups is 1. The molecule has 1 saturated heterocycles. The van der Waals surface area contributed by atoms with E-state index >= 15 is 0 Å². The number of hydrogen-bond acceptors (Lipinski definition) is 8. The van der Waals surface area contributed by atoms with Crippen LogP contribution in [0.25, 0.3) is 6.08 Å². The van der Waals surface area contributed by atoms with E-state index in [-0.39, 0.29) is 39.6 Å². The summed E-state index contributed by atoms with van der Waals surface area (Å²) in [6, 6.07) is 8.86. The monoisotopic (exact) mass is 510 g/mol. The first-order chi connectivity index (χ1) is 15.7. The second kappa shape index (κ2) is 10.7. The van der Waals surface area contributed by atoms with Gasteiger partial charge in [0.05, 0.1) is 26.5 Å². The number of nitro benzene ring substituents is 1. The van der Waals surface area contributed by atoms with Gasteiger partial charge in [-0.15, -0.1) is 0 Å². The summed E-state index contributed by atoms with van der Waals surface area (Å²) in [7, 11) is 0. The highest BCUT2D eigenvalue weighted by molar-refractivity contribution is 8.18. The molecule has 0 aromatic heterocycles. The van der Waals surface area contributed by atoms with Gasteiger partial charge >= 0.3 is 5.97 Å². The van der Waals surface area contributed by atoms with Crippen molar-refractivity contribution in [2.45, 2.75) is 13.5 Å². The molecule has 0 spiro atoms. The number of ether oxygens (including phenoxy) is 2. The minimum absolute atomic E-state index is 0.0363. The van der Waals surface area contributed by atoms with Gasteiger partial charge in [-0.1, -0.05) is 23.2 Å². The number of nitrogens with zero attached hydrogens (tertiary/aromatic N) is 2. The Kier molecular flexibility index (Phi) is 7.96. The van der Waals surface area contributed by atoms with Crippen LogP contribution in [0.2, 0.25) is 10.0 Å². The Bertz CT molecular complexity index is 1130. The fraction of sp³-hybridized carbons (Fsp3) is 0.190. The van der Waals surface area contributed by atoms with Crippen LogP contribution < -0.4 is 4.74 Å². The molecule has 0 atom stereocenters. The molecule has 0 saturated carbocycles. The first-order valence-corrected chi connectivity index (χ1v) is 11.0. The van der Waals surface area contributed by atoms with Crippen molar-refractivity contribution in [1.82, 2.24) is 4.90 Å². The van der Waals surface area contributed by atoms with Gasteiger partial charge < -0.3 is 9.47 Å². The number of hydrogen-bond donors (Lipinski definition) is 0. The predicted octanol–water partition coefficient (Wildman–Crippen LogP) is 5.08. The molecule has 0 unspecified atom stereocenters. The standard InChI is InChI=1S/C21H16Cl2N2O7S/c1-2-31-18(26)10-24-20(27)17(33-21(24)28)9-13-7-15(22)19(16(23)8-13)32-11-12-3-5-14(6-4-12)25(29)30/h3-9H,2,10-11H2,1H3. The molecule has 9 nitrogen and oxygen atoms in total. The molecule has 1 aliphatic rings. The molecular formula is C21H16Cl2N2O7S. The third-order valence-corrected chi connectivity index (χ3v) is 5.78. The van der Waals surface area contributed by atoms with Crippen LogP contribution >= 0.6 is 35.0 Å². The van der Waals surface area contributed by atoms with Crippen molar-refractivity contribution in [2.75, 3.05) is 13.2 Å². The molecule has 2 aromatic carbocycles. The van der Waals surface area contributed by atoms with Crippen LogP contribution in [0, 0.1) is 10.1 Å². The molecule has 0 bridgehead atoms. The average Bonchev–Trinajstić information content (AvgIpc) is 3.01. The largest absolute Gasteiger partial charge is 0.486 e. The minimum Gasteiger partial charge on any atom is -0.486 e. The van der Waals surface area contributed by atoms with Crippen molar-refractivity contribution in [3.05, 3.63) is 72.6 Å². The fourth-order valence-electron chi connectivity index (χ4n) is 2.79. The SMILES string of the molecule is CCOC(=O)CN1C(=O)SC(=Cc2cc(Cl)c(OCc3ccc([N+](=O)[O-])cc3)c(Cl)c2)C1=O. The van der Waals surface area contributed by atoms with Crippen molar-refractivity contribution in [3.63, 3.8) is 0 Å². The number of esters is 1. The summed E-state index contributed by atoms with van der Waals surface area (Å²) in [4.78, 5) is 47.4. The summed E-state index contributed by atoms with van der Waals surface area (Å²) in [5.41, 5.74) is 1.09. The maximum Gasteiger partial charge on any atom is 0.326 e. The van der Waals surface area contributed by atoms with Crippen molar-refractivity contribution in [1.29, 1.82) is 0 Å². The molecule has 1 aliphatic heterocycles. The van der Waals surface area contributed by atoms with E-state index in [4.69, 9.17) is 32.7 Å². The third-order valence-electron chi connectivity index (χ3n) is 4.31. The summed E-state index contributed by atoms with van der Waals surface area (Å²) in [5, 5.41) is 10.5. The maximum absolute atomic E-state index is 12.5. The van der Waals surface area contributed by atoms with E-state index in [0.29, 0.717) is 22.9 Å². The second-order valence-corrected chi connectivity index (χ2v) is 8.41. The van der Waals surface area contributed by atoms with Crippen molar-refractivity contribution in [2.24, 2.45) is 0 Å². The lowest BCUT2D eigenvalue weighted by molar-refractivity contribution is -0.384. The van der Waals surface area contributed by atoms with Gasteiger partial charge in [0.2, 0.25) is 0 Å². The quantitative estimate of drug-likeness (QED) is 0.209. The summed E-state index contributed by atoms with van der Waals surface area (Å²) < 4.78 is 10.4. The van der Waals surface area contributed by atoms with E-state index in [9.17, 15) is 24.5 Å². The Morgan fingerprint density at radius 1 is 1.18 bits per heavy atom. The van der Waals surface area contributed by atoms with Gasteiger partial charge in [0, 0.05) is 12.1 Å². The minimum atomic E-state index is -0.679. The highest BCUT2D eigenvalue weighted by Crippen LogP contribution is 2.37. The lowest BCUT2D eigenvalue weighted by Gasteiger charge is -2.11. The van der Waals surface area contributed by atoms with Gasteiger partial charge in [0.15, 0.2) is 5.75 Å². The molecule has 0 radical (unpaired) electrons. The summed E-state index contributed by atoms with van der Waals surface area (Å²) in [6.45, 7) is 1.37. The molecule has 33 heavy (non-hydrogen) atoms. The molecule has 3 rings (SSSR count). The van der Waals surface area contributed by atoms with E-state index in [2.05, 4.69) is 0 Å². The number of halogens is 2. The van der Waals surface area contributed by atoms with E-state index in [1.165, 1.54) is 30.3 Å². The Labute approximate surface area is 202 Å². The van der Waals surface area contributed by atoms with Crippen LogP contribution in [-0.2, 0) is 20.9 Å². The number of non-ortho nitro benzene ring substituents is 1. The molecule has 0 aliphatic carbocycles. The molecule has 1 fully saturated rings. The van der Waals surface area contributed by atoms with Crippen molar-refractivity contribution >= 4 is 63.8 Å². The van der Waals surface area contributed by atoms with Gasteiger partial charge in [0.25, 0.3) is 16.8 Å². The van der Waals surface area contributed by atoms with Gasteiger partial charge in [-0.2, -0.15) is 0 Å². The van der Waals surface area contributed by atoms with E-state index in [1.807, 2.05) is 0 Å². The zero-order valence-electron chi connectivity index (χ0n) is 17.1. The molecule has 1 heterocycles. The maximum atomic E-state index is 12.5. The molecule has 0 N–H and O–H groups in total. The van der Waals surface area contributed by atoms with Crippen LogP contribution in [0.15, 0.2) is 41.3 Å². The van der Waals surface area contributed by atoms with Gasteiger partial charge in [-0.25, -0.2) is 0 Å². The van der Waals surface area contributed by atoms with Gasteiger partial charge in [-0.05, 0) is 60.2 Å². The smallest absolute Gasteiger partial charge is 0.326 e. The van der Waals surface area contributed by atoms with Gasteiger partial charge in [-0.3, -0.25) is 29.4 Å². The lowest BCUT2D eigenvalue weighted by atomic mass is 10.2. The summed E-state index contributed by atoms with van der Waals surface area (Å²) in [6.07, 6.45) is 1.44. The lowest BCUT2D eigenvalue weighted by Crippen LogP contribution is -2.34. The Morgan fingerprint density at radius 2 is 1.82 bits per heavy atom. The van der Waals surface area contributed by atoms with E-state index < -0.39 is 28.6 Å². The highest BCUT2D eigenvalue weighted by atomic mass is 35.5. The van der Waals surface area contributed by atoms with Crippen molar-refractivity contribution < 1.29 is 28.8 Å². The number of carbonyl (C=O) groups excluding carboxylic acids is 3. The normalized spacial score (nSPS) is 14.6. The zero-order valence-corrected chi connectivity index (χ0v) is 19.4. The Hall–Kier alpha value is -3.08. The predicted molar refractivity (Wildman–Crippen MR) is 123 cm³/mol. The Morgan fingerprint density at radius 3 is 2.39 bits per heavy atom. The van der Waals surface area contributed by atoms with Crippen LogP contribution in [0.4, 0.5) is 10.5 Å². The van der Waals surface area contributed by atoms with E-state index in [1.54, 1.807) is 19.1 Å². The number of benzene rings is 2. The molecule has 12 heteroatoms. The van der Waals surface area contributed by atoms with E-state index in [0.717, 1.165) is 4.90 Å². The third kappa shape index (κ3) is 6.04. The van der Waals surface area contributed by atoms with Crippen molar-refractivity contribution in [3.8, 4) is 5.75 Å². The average molecular weight is 511 g/mol. The number of carbonyl (C=O) groups is 3. The van der Waals surface area contributed by atoms with Crippen LogP contribution in [0.3, 0.4) is 0 Å². The molecule has 2 amide bonds. The number of amides is 2. The molecule has 2 aromatic rings.